The van der Waals surface area contributed by atoms with Crippen molar-refractivity contribution in [2.45, 2.75) is 24.4 Å². The molecule has 0 saturated heterocycles. The molecule has 0 fully saturated rings. The summed E-state index contributed by atoms with van der Waals surface area (Å²) in [6.07, 6.45) is -4.75. The maximum atomic E-state index is 10.4. The van der Waals surface area contributed by atoms with Crippen LogP contribution in [-0.2, 0) is 0 Å². The lowest BCUT2D eigenvalue weighted by Crippen LogP contribution is -2.15. The van der Waals surface area contributed by atoms with Gasteiger partial charge in [-0.25, -0.2) is 0 Å². The van der Waals surface area contributed by atoms with Crippen molar-refractivity contribution in [3.05, 3.63) is 65.2 Å². The molecule has 8 bridgehead atoms. The highest BCUT2D eigenvalue weighted by Crippen LogP contribution is 2.33. The second-order valence-electron chi connectivity index (χ2n) is 7.21. The van der Waals surface area contributed by atoms with Crippen LogP contribution in [0.3, 0.4) is 0 Å². The number of rotatable bonds is 0. The fourth-order valence-electron chi connectivity index (χ4n) is 3.63. The molecule has 29 heavy (non-hydrogen) atoms. The lowest BCUT2D eigenvalue weighted by molar-refractivity contribution is 0.0254. The fourth-order valence-corrected chi connectivity index (χ4v) is 3.63. The van der Waals surface area contributed by atoms with Gasteiger partial charge in [-0.05, 0) is 47.9 Å². The number of aromatic nitrogens is 4. The van der Waals surface area contributed by atoms with Crippen LogP contribution in [0.25, 0.3) is 22.1 Å². The molecule has 144 valence electrons. The van der Waals surface area contributed by atoms with E-state index in [0.717, 1.165) is 0 Å². The van der Waals surface area contributed by atoms with Crippen molar-refractivity contribution >= 4 is 35.4 Å². The van der Waals surface area contributed by atoms with Gasteiger partial charge in [-0.1, -0.05) is 0 Å². The summed E-state index contributed by atoms with van der Waals surface area (Å²) in [5.74, 6) is 0. The number of H-pyrrole nitrogens is 2. The van der Waals surface area contributed by atoms with E-state index in [2.05, 4.69) is 19.9 Å². The number of nitrogens with zero attached hydrogens (tertiary/aromatic N) is 2. The highest BCUT2D eigenvalue weighted by Gasteiger charge is 2.30. The van der Waals surface area contributed by atoms with Gasteiger partial charge in [0.25, 0.3) is 0 Å². The van der Waals surface area contributed by atoms with Crippen LogP contribution >= 0.6 is 0 Å². The van der Waals surface area contributed by atoms with Crippen LogP contribution in [-0.4, -0.2) is 48.2 Å². The summed E-state index contributed by atoms with van der Waals surface area (Å²) in [7, 11) is 6.20. The molecule has 0 saturated carbocycles. The zero-order valence-corrected chi connectivity index (χ0v) is 15.1. The third-order valence-electron chi connectivity index (χ3n) is 5.21. The van der Waals surface area contributed by atoms with Crippen LogP contribution < -0.4 is 5.46 Å². The average Bonchev–Trinajstić information content (AvgIpc) is 3.45. The molecule has 0 aromatic carbocycles. The summed E-state index contributed by atoms with van der Waals surface area (Å²) in [5.41, 5.74) is 3.69. The maximum Gasteiger partial charge on any atom is 0.127 e. The minimum atomic E-state index is -1.25. The van der Waals surface area contributed by atoms with Crippen molar-refractivity contribution in [3.8, 4) is 0 Å². The Hall–Kier alpha value is -2.98. The molecule has 2 aliphatic rings. The maximum absolute atomic E-state index is 10.4. The predicted molar refractivity (Wildman–Crippen MR) is 106 cm³/mol. The predicted octanol–water partition coefficient (Wildman–Crippen LogP) is 0.643. The molecule has 4 unspecified atom stereocenters. The molecule has 3 aromatic rings. The Kier molecular flexibility index (Phi) is 4.07. The molecule has 9 heteroatoms. The number of aliphatic hydroxyl groups excluding tert-OH is 4. The Morgan fingerprint density at radius 1 is 0.655 bits per heavy atom. The molecule has 0 aliphatic carbocycles. The van der Waals surface area contributed by atoms with Gasteiger partial charge < -0.3 is 30.4 Å². The van der Waals surface area contributed by atoms with Gasteiger partial charge >= 0.3 is 0 Å². The highest BCUT2D eigenvalue weighted by molar-refractivity contribution is 6.37. The zero-order chi connectivity index (χ0) is 20.3. The number of hydrogen-bond donors (Lipinski definition) is 6. The topological polar surface area (TPSA) is 138 Å². The van der Waals surface area contributed by atoms with Crippen molar-refractivity contribution in [1.29, 1.82) is 0 Å². The Labute approximate surface area is 166 Å². The number of nitrogens with one attached hydrogen (secondary N) is 2. The van der Waals surface area contributed by atoms with Gasteiger partial charge in [-0.15, -0.1) is 0 Å². The van der Waals surface area contributed by atoms with Gasteiger partial charge in [0, 0.05) is 22.1 Å². The van der Waals surface area contributed by atoms with Crippen molar-refractivity contribution in [2.75, 3.05) is 0 Å². The first-order chi connectivity index (χ1) is 13.9. The van der Waals surface area contributed by atoms with E-state index in [1.165, 1.54) is 0 Å². The normalized spacial score (nSPS) is 24.0. The number of hydrogen-bond acceptors (Lipinski definition) is 6. The Morgan fingerprint density at radius 2 is 1.14 bits per heavy atom. The Bertz CT molecular complexity index is 1270. The summed E-state index contributed by atoms with van der Waals surface area (Å²) in [6.45, 7) is 0. The van der Waals surface area contributed by atoms with Gasteiger partial charge in [0.15, 0.2) is 0 Å². The molecular weight excluding hydrogens is 371 g/mol. The molecule has 2 aliphatic heterocycles. The quantitative estimate of drug-likeness (QED) is 0.313. The Morgan fingerprint density at radius 3 is 1.76 bits per heavy atom. The molecule has 3 aromatic heterocycles. The number of aromatic amines is 2. The second-order valence-corrected chi connectivity index (χ2v) is 7.21. The van der Waals surface area contributed by atoms with Gasteiger partial charge in [0.1, 0.15) is 32.3 Å². The molecule has 8 nitrogen and oxygen atoms in total. The molecule has 0 amide bonds. The van der Waals surface area contributed by atoms with Gasteiger partial charge in [-0.2, -0.15) is 0 Å². The van der Waals surface area contributed by atoms with E-state index in [4.69, 9.17) is 7.85 Å². The summed E-state index contributed by atoms with van der Waals surface area (Å²) < 4.78 is 0. The van der Waals surface area contributed by atoms with Crippen LogP contribution in [0.5, 0.6) is 0 Å². The molecule has 5 heterocycles. The summed E-state index contributed by atoms with van der Waals surface area (Å²) in [5, 5.41) is 41.5. The molecule has 5 rings (SSSR count). The number of aliphatic hydroxyl groups is 4. The van der Waals surface area contributed by atoms with Crippen molar-refractivity contribution in [3.63, 3.8) is 0 Å². The van der Waals surface area contributed by atoms with Gasteiger partial charge in [-0.3, -0.25) is 9.97 Å². The van der Waals surface area contributed by atoms with Gasteiger partial charge in [0.2, 0.25) is 0 Å². The first-order valence-electron chi connectivity index (χ1n) is 9.09. The zero-order valence-electron chi connectivity index (χ0n) is 15.1. The molecule has 4 atom stereocenters. The van der Waals surface area contributed by atoms with Crippen LogP contribution in [0.2, 0.25) is 0 Å². The monoisotopic (exact) mass is 388 g/mol. The van der Waals surface area contributed by atoms with E-state index >= 15 is 0 Å². The SMILES string of the molecule is [B]c1c2nc(cc3ccc(cc4nc(cc5ccc1[nH]5)C(O)C4O)[nH]3)C(O)C2O. The minimum Gasteiger partial charge on any atom is -0.384 e. The average molecular weight is 388 g/mol. The highest BCUT2D eigenvalue weighted by atomic mass is 16.3. The lowest BCUT2D eigenvalue weighted by atomic mass is 9.91. The van der Waals surface area contributed by atoms with Crippen LogP contribution in [0, 0.1) is 0 Å². The van der Waals surface area contributed by atoms with E-state index in [9.17, 15) is 20.4 Å². The van der Waals surface area contributed by atoms with Crippen molar-refractivity contribution in [2.24, 2.45) is 0 Å². The summed E-state index contributed by atoms with van der Waals surface area (Å²) in [4.78, 5) is 14.9. The first-order valence-corrected chi connectivity index (χ1v) is 9.09. The van der Waals surface area contributed by atoms with E-state index in [-0.39, 0.29) is 16.9 Å². The van der Waals surface area contributed by atoms with Crippen LogP contribution in [0.4, 0.5) is 0 Å². The molecule has 0 spiro atoms. The smallest absolute Gasteiger partial charge is 0.127 e. The van der Waals surface area contributed by atoms with Crippen LogP contribution in [0.1, 0.15) is 47.2 Å². The standard InChI is InChI=1S/C20H17BN4O4/c21-15-11-4-3-10(23-11)7-13-18(27)17(26)12(24-13)5-8-1-2-9(22-8)6-14-19(28)20(29)16(15)25-14/h1-7,17-20,22-23,26-29H. The van der Waals surface area contributed by atoms with Gasteiger partial charge in [0.05, 0.1) is 22.8 Å². The third kappa shape index (κ3) is 2.95. The van der Waals surface area contributed by atoms with Crippen molar-refractivity contribution in [1.82, 2.24) is 19.9 Å². The minimum absolute atomic E-state index is 0.173. The fraction of sp³-hybridized carbons (Fsp3) is 0.200. The van der Waals surface area contributed by atoms with E-state index in [1.807, 2.05) is 0 Å². The van der Waals surface area contributed by atoms with Crippen LogP contribution in [0.15, 0.2) is 42.5 Å². The molecule has 2 radical (unpaired) electrons. The Balaban J connectivity index is 1.88. The molecule has 6 N–H and O–H groups in total. The second kappa shape index (κ2) is 6.53. The van der Waals surface area contributed by atoms with E-state index < -0.39 is 24.4 Å². The summed E-state index contributed by atoms with van der Waals surface area (Å²) in [6, 6.07) is 11.8. The lowest BCUT2D eigenvalue weighted by Gasteiger charge is -2.08. The van der Waals surface area contributed by atoms with Crippen molar-refractivity contribution < 1.29 is 20.4 Å². The number of fused-ring (bicyclic) bond motifs is 8. The van der Waals surface area contributed by atoms with E-state index in [1.54, 1.807) is 42.5 Å². The summed E-state index contributed by atoms with van der Waals surface area (Å²) >= 11 is 0. The third-order valence-corrected chi connectivity index (χ3v) is 5.21. The largest absolute Gasteiger partial charge is 0.384 e. The van der Waals surface area contributed by atoms with E-state index in [0.29, 0.717) is 33.5 Å². The first kappa shape index (κ1) is 18.1. The molecular formula is C20H17BN4O4.